The third-order valence-corrected chi connectivity index (χ3v) is 3.42. The van der Waals surface area contributed by atoms with E-state index in [2.05, 4.69) is 5.32 Å². The van der Waals surface area contributed by atoms with Gasteiger partial charge in [-0.3, -0.25) is 10.1 Å². The fourth-order valence-electron chi connectivity index (χ4n) is 1.61. The number of carbonyl (C=O) groups is 1. The summed E-state index contributed by atoms with van der Waals surface area (Å²) in [6, 6.07) is 1.37. The van der Waals surface area contributed by atoms with Gasteiger partial charge >= 0.3 is 5.97 Å². The normalized spacial score (nSPS) is 13.4. The fraction of sp³-hybridized carbons (Fsp3) is 0.583. The van der Waals surface area contributed by atoms with Crippen molar-refractivity contribution < 1.29 is 14.6 Å². The molecule has 1 aromatic heterocycles. The molecule has 0 saturated heterocycles. The fourth-order valence-corrected chi connectivity index (χ4v) is 2.35. The van der Waals surface area contributed by atoms with E-state index in [0.717, 1.165) is 10.6 Å². The number of nitrogens with one attached hydrogen (secondary N) is 1. The number of rotatable bonds is 5. The van der Waals surface area contributed by atoms with Crippen molar-refractivity contribution in [3.8, 4) is 5.06 Å². The zero-order valence-electron chi connectivity index (χ0n) is 10.6. The molecule has 0 aromatic carbocycles. The summed E-state index contributed by atoms with van der Waals surface area (Å²) in [4.78, 5) is 11.2. The van der Waals surface area contributed by atoms with Crippen molar-refractivity contribution >= 4 is 17.3 Å². The lowest BCUT2D eigenvalue weighted by atomic mass is 9.87. The number of carboxylic acid groups (broad SMARTS) is 1. The van der Waals surface area contributed by atoms with Crippen molar-refractivity contribution in [3.05, 3.63) is 17.0 Å². The molecular formula is C12H19NO3S. The van der Waals surface area contributed by atoms with E-state index in [1.165, 1.54) is 11.3 Å². The van der Waals surface area contributed by atoms with Crippen LogP contribution in [0.2, 0.25) is 0 Å². The standard InChI is InChI=1S/C12H19NO3S/c1-12(2,3)9(10(14)15)13-7-8-5-6-17-11(8)16-4/h5-6,9,13H,7H2,1-4H3,(H,14,15). The maximum Gasteiger partial charge on any atom is 0.321 e. The highest BCUT2D eigenvalue weighted by molar-refractivity contribution is 7.12. The van der Waals surface area contributed by atoms with Crippen molar-refractivity contribution in [1.82, 2.24) is 5.32 Å². The summed E-state index contributed by atoms with van der Waals surface area (Å²) in [5, 5.41) is 15.0. The number of ether oxygens (including phenoxy) is 1. The van der Waals surface area contributed by atoms with Crippen LogP contribution in [0, 0.1) is 5.41 Å². The quantitative estimate of drug-likeness (QED) is 0.850. The molecule has 0 fully saturated rings. The number of aliphatic carboxylic acids is 1. The summed E-state index contributed by atoms with van der Waals surface area (Å²) < 4.78 is 5.19. The van der Waals surface area contributed by atoms with Crippen molar-refractivity contribution in [1.29, 1.82) is 0 Å². The number of hydrogen-bond acceptors (Lipinski definition) is 4. The van der Waals surface area contributed by atoms with Crippen LogP contribution in [0.15, 0.2) is 11.4 Å². The third kappa shape index (κ3) is 3.71. The minimum absolute atomic E-state index is 0.324. The topological polar surface area (TPSA) is 58.6 Å². The Morgan fingerprint density at radius 1 is 1.59 bits per heavy atom. The molecule has 17 heavy (non-hydrogen) atoms. The van der Waals surface area contributed by atoms with Gasteiger partial charge in [0.1, 0.15) is 6.04 Å². The second-order valence-corrected chi connectivity index (χ2v) is 5.83. The van der Waals surface area contributed by atoms with E-state index in [4.69, 9.17) is 4.74 Å². The second-order valence-electron chi connectivity index (χ2n) is 4.96. The maximum absolute atomic E-state index is 11.2. The van der Waals surface area contributed by atoms with E-state index >= 15 is 0 Å². The molecule has 96 valence electrons. The first-order chi connectivity index (χ1) is 7.86. The van der Waals surface area contributed by atoms with Crippen molar-refractivity contribution in [3.63, 3.8) is 0 Å². The molecule has 0 amide bonds. The monoisotopic (exact) mass is 257 g/mol. The lowest BCUT2D eigenvalue weighted by Gasteiger charge is -2.27. The molecule has 0 aliphatic heterocycles. The van der Waals surface area contributed by atoms with Crippen LogP contribution >= 0.6 is 11.3 Å². The first-order valence-electron chi connectivity index (χ1n) is 5.43. The predicted octanol–water partition coefficient (Wildman–Crippen LogP) is 2.35. The molecule has 5 heteroatoms. The Labute approximate surface area is 106 Å². The highest BCUT2D eigenvalue weighted by Crippen LogP contribution is 2.26. The van der Waals surface area contributed by atoms with Crippen molar-refractivity contribution in [2.75, 3.05) is 7.11 Å². The van der Waals surface area contributed by atoms with Gasteiger partial charge in [0, 0.05) is 12.1 Å². The van der Waals surface area contributed by atoms with Gasteiger partial charge in [-0.2, -0.15) is 0 Å². The number of thiophene rings is 1. The molecule has 1 rings (SSSR count). The average Bonchev–Trinajstić information content (AvgIpc) is 2.62. The van der Waals surface area contributed by atoms with Gasteiger partial charge in [0.2, 0.25) is 0 Å². The summed E-state index contributed by atoms with van der Waals surface area (Å²) >= 11 is 1.51. The van der Waals surface area contributed by atoms with Crippen LogP contribution < -0.4 is 10.1 Å². The van der Waals surface area contributed by atoms with Gasteiger partial charge in [-0.25, -0.2) is 0 Å². The Morgan fingerprint density at radius 2 is 2.24 bits per heavy atom. The van der Waals surface area contributed by atoms with Gasteiger partial charge in [0.25, 0.3) is 0 Å². The molecule has 2 N–H and O–H groups in total. The highest BCUT2D eigenvalue weighted by Gasteiger charge is 2.30. The maximum atomic E-state index is 11.2. The Balaban J connectivity index is 2.68. The van der Waals surface area contributed by atoms with Crippen LogP contribution in [-0.2, 0) is 11.3 Å². The van der Waals surface area contributed by atoms with Gasteiger partial charge in [-0.15, -0.1) is 11.3 Å². The molecule has 0 aliphatic carbocycles. The molecule has 4 nitrogen and oxygen atoms in total. The molecule has 0 saturated carbocycles. The lowest BCUT2D eigenvalue weighted by molar-refractivity contribution is -0.142. The number of methoxy groups -OCH3 is 1. The van der Waals surface area contributed by atoms with Crippen LogP contribution in [0.25, 0.3) is 0 Å². The first kappa shape index (κ1) is 14.0. The highest BCUT2D eigenvalue weighted by atomic mass is 32.1. The van der Waals surface area contributed by atoms with E-state index in [1.807, 2.05) is 32.2 Å². The molecule has 1 unspecified atom stereocenters. The van der Waals surface area contributed by atoms with Gasteiger partial charge in [0.05, 0.1) is 7.11 Å². The smallest absolute Gasteiger partial charge is 0.321 e. The minimum atomic E-state index is -0.827. The van der Waals surface area contributed by atoms with Gasteiger partial charge in [0.15, 0.2) is 5.06 Å². The second kappa shape index (κ2) is 5.51. The minimum Gasteiger partial charge on any atom is -0.487 e. The lowest BCUT2D eigenvalue weighted by Crippen LogP contribution is -2.46. The Bertz CT molecular complexity index is 381. The summed E-state index contributed by atoms with van der Waals surface area (Å²) in [7, 11) is 1.62. The van der Waals surface area contributed by atoms with Crippen molar-refractivity contribution in [2.45, 2.75) is 33.4 Å². The van der Waals surface area contributed by atoms with Gasteiger partial charge in [-0.05, 0) is 16.9 Å². The van der Waals surface area contributed by atoms with E-state index in [0.29, 0.717) is 6.54 Å². The Morgan fingerprint density at radius 3 is 2.71 bits per heavy atom. The summed E-state index contributed by atoms with van der Waals surface area (Å²) in [6.45, 7) is 6.22. The summed E-state index contributed by atoms with van der Waals surface area (Å²) in [5.74, 6) is -0.827. The molecule has 1 aromatic rings. The first-order valence-corrected chi connectivity index (χ1v) is 6.30. The Kier molecular flexibility index (Phi) is 4.54. The summed E-state index contributed by atoms with van der Waals surface area (Å²) in [6.07, 6.45) is 0. The van der Waals surface area contributed by atoms with Crippen LogP contribution in [0.5, 0.6) is 5.06 Å². The molecule has 1 atom stereocenters. The zero-order chi connectivity index (χ0) is 13.1. The van der Waals surface area contributed by atoms with E-state index < -0.39 is 12.0 Å². The van der Waals surface area contributed by atoms with Crippen LogP contribution in [0.1, 0.15) is 26.3 Å². The molecular weight excluding hydrogens is 238 g/mol. The average molecular weight is 257 g/mol. The molecule has 0 aliphatic rings. The molecule has 0 radical (unpaired) electrons. The molecule has 1 heterocycles. The van der Waals surface area contributed by atoms with Gasteiger partial charge < -0.3 is 9.84 Å². The third-order valence-electron chi connectivity index (χ3n) is 2.50. The Hall–Kier alpha value is -1.07. The number of hydrogen-bond donors (Lipinski definition) is 2. The van der Waals surface area contributed by atoms with E-state index in [9.17, 15) is 9.90 Å². The zero-order valence-corrected chi connectivity index (χ0v) is 11.4. The van der Waals surface area contributed by atoms with Crippen LogP contribution in [0.3, 0.4) is 0 Å². The van der Waals surface area contributed by atoms with Crippen molar-refractivity contribution in [2.24, 2.45) is 5.41 Å². The van der Waals surface area contributed by atoms with Gasteiger partial charge in [-0.1, -0.05) is 20.8 Å². The van der Waals surface area contributed by atoms with Crippen LogP contribution in [0.4, 0.5) is 0 Å². The molecule has 0 bridgehead atoms. The number of carboxylic acids is 1. The largest absolute Gasteiger partial charge is 0.487 e. The van der Waals surface area contributed by atoms with E-state index in [1.54, 1.807) is 7.11 Å². The van der Waals surface area contributed by atoms with E-state index in [-0.39, 0.29) is 5.41 Å². The predicted molar refractivity (Wildman–Crippen MR) is 68.6 cm³/mol. The van der Waals surface area contributed by atoms with Crippen LogP contribution in [-0.4, -0.2) is 24.2 Å². The summed E-state index contributed by atoms with van der Waals surface area (Å²) in [5.41, 5.74) is 0.669. The SMILES string of the molecule is COc1sccc1CNC(C(=O)O)C(C)(C)C. The molecule has 0 spiro atoms.